The molecule has 9 heteroatoms. The van der Waals surface area contributed by atoms with Gasteiger partial charge in [-0.3, -0.25) is 9.59 Å². The number of amides is 2. The molecule has 3 N–H and O–H groups in total. The Hall–Kier alpha value is -4.01. The van der Waals surface area contributed by atoms with Crippen molar-refractivity contribution in [2.75, 3.05) is 22.5 Å². The number of halogens is 3. The fourth-order valence-electron chi connectivity index (χ4n) is 3.05. The Labute approximate surface area is 195 Å². The highest BCUT2D eigenvalue weighted by molar-refractivity contribution is 6.05. The van der Waals surface area contributed by atoms with Crippen molar-refractivity contribution in [1.29, 1.82) is 0 Å². The largest absolute Gasteiger partial charge is 0.491 e. The normalized spacial score (nSPS) is 11.1. The van der Waals surface area contributed by atoms with Crippen LogP contribution >= 0.6 is 0 Å². The molecular weight excluding hydrogens is 447 g/mol. The fraction of sp³-hybridized carbons (Fsp3) is 0.200. The summed E-state index contributed by atoms with van der Waals surface area (Å²) in [5.74, 6) is -0.263. The molecule has 0 bridgehead atoms. The van der Waals surface area contributed by atoms with E-state index in [9.17, 15) is 22.8 Å². The van der Waals surface area contributed by atoms with Crippen LogP contribution in [0.3, 0.4) is 0 Å². The van der Waals surface area contributed by atoms with Crippen molar-refractivity contribution in [2.24, 2.45) is 0 Å². The van der Waals surface area contributed by atoms with Crippen molar-refractivity contribution in [1.82, 2.24) is 0 Å². The van der Waals surface area contributed by atoms with E-state index < -0.39 is 17.6 Å². The van der Waals surface area contributed by atoms with Crippen LogP contribution in [0.5, 0.6) is 5.75 Å². The molecule has 0 aromatic heterocycles. The van der Waals surface area contributed by atoms with E-state index in [-0.39, 0.29) is 29.8 Å². The second kappa shape index (κ2) is 10.7. The van der Waals surface area contributed by atoms with E-state index in [4.69, 9.17) is 4.74 Å². The van der Waals surface area contributed by atoms with Crippen LogP contribution in [0.25, 0.3) is 0 Å². The maximum absolute atomic E-state index is 12.9. The van der Waals surface area contributed by atoms with E-state index in [1.807, 2.05) is 26.0 Å². The van der Waals surface area contributed by atoms with Crippen molar-refractivity contribution in [2.45, 2.75) is 26.1 Å². The van der Waals surface area contributed by atoms with E-state index in [0.29, 0.717) is 17.1 Å². The number of hydrogen-bond acceptors (Lipinski definition) is 4. The number of alkyl halides is 3. The number of rotatable bonds is 8. The third-order valence-electron chi connectivity index (χ3n) is 4.52. The zero-order valence-corrected chi connectivity index (χ0v) is 18.6. The van der Waals surface area contributed by atoms with Crippen LogP contribution in [0, 0.1) is 0 Å². The van der Waals surface area contributed by atoms with Gasteiger partial charge in [0.1, 0.15) is 5.75 Å². The zero-order valence-electron chi connectivity index (χ0n) is 18.6. The van der Waals surface area contributed by atoms with Gasteiger partial charge in [0, 0.05) is 28.7 Å². The average Bonchev–Trinajstić information content (AvgIpc) is 2.77. The molecule has 3 aromatic rings. The molecule has 6 nitrogen and oxygen atoms in total. The van der Waals surface area contributed by atoms with Gasteiger partial charge < -0.3 is 20.7 Å². The van der Waals surface area contributed by atoms with Crippen molar-refractivity contribution < 1.29 is 27.5 Å². The quantitative estimate of drug-likeness (QED) is 0.388. The van der Waals surface area contributed by atoms with Crippen molar-refractivity contribution in [3.8, 4) is 5.75 Å². The van der Waals surface area contributed by atoms with E-state index in [0.717, 1.165) is 12.1 Å². The van der Waals surface area contributed by atoms with Gasteiger partial charge in [0.05, 0.1) is 18.2 Å². The van der Waals surface area contributed by atoms with Crippen molar-refractivity contribution in [3.05, 3.63) is 83.9 Å². The summed E-state index contributed by atoms with van der Waals surface area (Å²) in [6.07, 6.45) is -4.49. The maximum atomic E-state index is 12.9. The number of anilines is 3. The van der Waals surface area contributed by atoms with Gasteiger partial charge in [-0.1, -0.05) is 18.2 Å². The molecule has 2 amide bonds. The first kappa shape index (κ1) is 24.6. The number of ether oxygens (including phenoxy) is 1. The molecule has 0 spiro atoms. The Morgan fingerprint density at radius 1 is 0.853 bits per heavy atom. The van der Waals surface area contributed by atoms with E-state index >= 15 is 0 Å². The Morgan fingerprint density at radius 3 is 2.21 bits per heavy atom. The number of nitrogens with one attached hydrogen (secondary N) is 3. The van der Waals surface area contributed by atoms with Gasteiger partial charge in [-0.05, 0) is 62.4 Å². The minimum atomic E-state index is -4.51. The number of carbonyl (C=O) groups excluding carboxylic acids is 2. The Kier molecular flexibility index (Phi) is 7.78. The molecule has 0 atom stereocenters. The Bertz CT molecular complexity index is 1160. The molecule has 3 aromatic carbocycles. The van der Waals surface area contributed by atoms with Crippen LogP contribution in [0.4, 0.5) is 30.2 Å². The first-order chi connectivity index (χ1) is 16.1. The highest BCUT2D eigenvalue weighted by Crippen LogP contribution is 2.30. The lowest BCUT2D eigenvalue weighted by atomic mass is 10.1. The molecule has 178 valence electrons. The molecule has 0 radical (unpaired) electrons. The maximum Gasteiger partial charge on any atom is 0.416 e. The van der Waals surface area contributed by atoms with Gasteiger partial charge in [-0.2, -0.15) is 13.2 Å². The van der Waals surface area contributed by atoms with Crippen molar-refractivity contribution in [3.63, 3.8) is 0 Å². The molecule has 34 heavy (non-hydrogen) atoms. The van der Waals surface area contributed by atoms with Crippen LogP contribution < -0.4 is 20.7 Å². The summed E-state index contributed by atoms with van der Waals surface area (Å²) < 4.78 is 44.3. The summed E-state index contributed by atoms with van der Waals surface area (Å²) in [5, 5.41) is 8.13. The molecule has 0 saturated heterocycles. The second-order valence-electron chi connectivity index (χ2n) is 7.71. The predicted molar refractivity (Wildman–Crippen MR) is 125 cm³/mol. The topological polar surface area (TPSA) is 79.5 Å². The summed E-state index contributed by atoms with van der Waals surface area (Å²) in [5.41, 5.74) is 0.423. The summed E-state index contributed by atoms with van der Waals surface area (Å²) in [4.78, 5) is 24.8. The van der Waals surface area contributed by atoms with Gasteiger partial charge in [-0.25, -0.2) is 0 Å². The van der Waals surface area contributed by atoms with Gasteiger partial charge in [-0.15, -0.1) is 0 Å². The first-order valence-corrected chi connectivity index (χ1v) is 10.5. The first-order valence-electron chi connectivity index (χ1n) is 10.5. The molecule has 0 unspecified atom stereocenters. The van der Waals surface area contributed by atoms with E-state index in [1.165, 1.54) is 24.3 Å². The number of hydrogen-bond donors (Lipinski definition) is 3. The van der Waals surface area contributed by atoms with Crippen LogP contribution in [0.15, 0.2) is 72.8 Å². The van der Waals surface area contributed by atoms with Crippen LogP contribution in [0.2, 0.25) is 0 Å². The molecule has 0 fully saturated rings. The standard InChI is InChI=1S/C25H24F3N3O3/c1-16(2)34-22-11-5-8-19(14-22)29-15-23(32)30-20-9-3-6-17(12-20)24(33)31-21-10-4-7-18(13-21)25(26,27)28/h3-14,16,29H,15H2,1-2H3,(H,30,32)(H,31,33). The minimum Gasteiger partial charge on any atom is -0.491 e. The van der Waals surface area contributed by atoms with Crippen LogP contribution in [-0.4, -0.2) is 24.5 Å². The summed E-state index contributed by atoms with van der Waals surface area (Å²) in [6.45, 7) is 3.81. The smallest absolute Gasteiger partial charge is 0.416 e. The lowest BCUT2D eigenvalue weighted by Crippen LogP contribution is -2.22. The molecule has 0 aliphatic heterocycles. The predicted octanol–water partition coefficient (Wildman–Crippen LogP) is 5.80. The van der Waals surface area contributed by atoms with Gasteiger partial charge in [0.15, 0.2) is 0 Å². The molecular formula is C25H24F3N3O3. The summed E-state index contributed by atoms with van der Waals surface area (Å²) in [7, 11) is 0. The zero-order chi connectivity index (χ0) is 24.7. The SMILES string of the molecule is CC(C)Oc1cccc(NCC(=O)Nc2cccc(C(=O)Nc3cccc(C(F)(F)F)c3)c2)c1. The Morgan fingerprint density at radius 2 is 1.50 bits per heavy atom. The molecule has 0 heterocycles. The number of carbonyl (C=O) groups is 2. The second-order valence-corrected chi connectivity index (χ2v) is 7.71. The lowest BCUT2D eigenvalue weighted by molar-refractivity contribution is -0.137. The summed E-state index contributed by atoms with van der Waals surface area (Å²) in [6, 6.07) is 17.7. The van der Waals surface area contributed by atoms with Crippen LogP contribution in [0.1, 0.15) is 29.8 Å². The molecule has 0 aliphatic rings. The van der Waals surface area contributed by atoms with E-state index in [1.54, 1.807) is 24.3 Å². The minimum absolute atomic E-state index is 0.0159. The third kappa shape index (κ3) is 7.26. The highest BCUT2D eigenvalue weighted by Gasteiger charge is 2.30. The molecule has 0 aliphatic carbocycles. The van der Waals surface area contributed by atoms with E-state index in [2.05, 4.69) is 16.0 Å². The number of benzene rings is 3. The van der Waals surface area contributed by atoms with Gasteiger partial charge in [0.25, 0.3) is 5.91 Å². The molecule has 0 saturated carbocycles. The Balaban J connectivity index is 1.59. The fourth-order valence-corrected chi connectivity index (χ4v) is 3.05. The van der Waals surface area contributed by atoms with Gasteiger partial charge in [0.2, 0.25) is 5.91 Å². The third-order valence-corrected chi connectivity index (χ3v) is 4.52. The molecule has 3 rings (SSSR count). The van der Waals surface area contributed by atoms with Crippen LogP contribution in [-0.2, 0) is 11.0 Å². The summed E-state index contributed by atoms with van der Waals surface area (Å²) >= 11 is 0. The average molecular weight is 471 g/mol. The highest BCUT2D eigenvalue weighted by atomic mass is 19.4. The lowest BCUT2D eigenvalue weighted by Gasteiger charge is -2.12. The monoisotopic (exact) mass is 471 g/mol. The van der Waals surface area contributed by atoms with Crippen molar-refractivity contribution >= 4 is 28.9 Å². The van der Waals surface area contributed by atoms with Gasteiger partial charge >= 0.3 is 6.18 Å².